The van der Waals surface area contributed by atoms with Gasteiger partial charge in [-0.1, -0.05) is 47.0 Å². The van der Waals surface area contributed by atoms with Gasteiger partial charge in [0, 0.05) is 26.9 Å². The van der Waals surface area contributed by atoms with E-state index in [9.17, 15) is 0 Å². The summed E-state index contributed by atoms with van der Waals surface area (Å²) in [4.78, 5) is 0. The Kier molecular flexibility index (Phi) is 12.9. The van der Waals surface area contributed by atoms with E-state index in [1.807, 2.05) is 0 Å². The van der Waals surface area contributed by atoms with Crippen LogP contribution in [0, 0.1) is 5.92 Å². The fraction of sp³-hybridized carbons (Fsp3) is 1.00. The van der Waals surface area contributed by atoms with Crippen LogP contribution in [0.25, 0.3) is 0 Å². The summed E-state index contributed by atoms with van der Waals surface area (Å²) in [6.45, 7) is 11.4. The number of rotatable bonds is 14. The highest BCUT2D eigenvalue weighted by Gasteiger charge is 2.33. The zero-order valence-electron chi connectivity index (χ0n) is 14.4. The molecule has 0 N–H and O–H groups in total. The van der Waals surface area contributed by atoms with Gasteiger partial charge in [-0.15, -0.1) is 0 Å². The first-order valence-corrected chi connectivity index (χ1v) is 10.6. The molecule has 0 aliphatic rings. The highest BCUT2D eigenvalue weighted by Crippen LogP contribution is 2.21. The molecular weight excluding hydrogens is 268 g/mol. The molecule has 0 bridgehead atoms. The van der Waals surface area contributed by atoms with Crippen molar-refractivity contribution in [2.24, 2.45) is 5.92 Å². The summed E-state index contributed by atoms with van der Waals surface area (Å²) >= 11 is 0. The molecule has 0 aliphatic heterocycles. The van der Waals surface area contributed by atoms with E-state index < -0.39 is 8.56 Å². The molecule has 0 heterocycles. The SMILES string of the molecule is CCCCCCO[Si](CC)(CC)OCC(C)CCOC. The van der Waals surface area contributed by atoms with Gasteiger partial charge in [-0.2, -0.15) is 0 Å². The van der Waals surface area contributed by atoms with Crippen molar-refractivity contribution in [2.45, 2.75) is 71.9 Å². The fourth-order valence-electron chi connectivity index (χ4n) is 2.18. The lowest BCUT2D eigenvalue weighted by Gasteiger charge is -2.30. The summed E-state index contributed by atoms with van der Waals surface area (Å²) in [5, 5.41) is 0. The molecule has 122 valence electrons. The molecule has 0 saturated heterocycles. The standard InChI is InChI=1S/C16H36O3Si/c1-6-9-10-11-13-18-20(7-2,8-3)19-15-16(4)12-14-17-5/h16H,6-15H2,1-5H3. The van der Waals surface area contributed by atoms with Gasteiger partial charge in [0.1, 0.15) is 0 Å². The van der Waals surface area contributed by atoms with Crippen molar-refractivity contribution in [3.8, 4) is 0 Å². The second-order valence-electron chi connectivity index (χ2n) is 5.72. The third kappa shape index (κ3) is 9.11. The van der Waals surface area contributed by atoms with Crippen LogP contribution in [0.5, 0.6) is 0 Å². The van der Waals surface area contributed by atoms with Crippen molar-refractivity contribution >= 4 is 8.56 Å². The van der Waals surface area contributed by atoms with E-state index in [-0.39, 0.29) is 0 Å². The number of unbranched alkanes of at least 4 members (excludes halogenated alkanes) is 3. The molecular formula is C16H36O3Si. The lowest BCUT2D eigenvalue weighted by atomic mass is 10.1. The largest absolute Gasteiger partial charge is 0.394 e. The van der Waals surface area contributed by atoms with Crippen molar-refractivity contribution < 1.29 is 13.6 Å². The molecule has 0 aromatic rings. The molecule has 0 aromatic carbocycles. The molecule has 0 radical (unpaired) electrons. The maximum Gasteiger partial charge on any atom is 0.337 e. The zero-order valence-corrected chi connectivity index (χ0v) is 15.4. The number of hydrogen-bond donors (Lipinski definition) is 0. The van der Waals surface area contributed by atoms with Gasteiger partial charge < -0.3 is 13.6 Å². The van der Waals surface area contributed by atoms with E-state index in [1.165, 1.54) is 25.7 Å². The van der Waals surface area contributed by atoms with Crippen LogP contribution >= 0.6 is 0 Å². The molecule has 1 unspecified atom stereocenters. The first-order chi connectivity index (χ1) is 9.64. The highest BCUT2D eigenvalue weighted by atomic mass is 28.4. The number of hydrogen-bond acceptors (Lipinski definition) is 3. The number of ether oxygens (including phenoxy) is 1. The molecule has 0 aliphatic carbocycles. The van der Waals surface area contributed by atoms with Crippen LogP contribution in [0.2, 0.25) is 12.1 Å². The van der Waals surface area contributed by atoms with Crippen LogP contribution in [0.4, 0.5) is 0 Å². The molecule has 0 amide bonds. The Hall–Kier alpha value is 0.0969. The van der Waals surface area contributed by atoms with Gasteiger partial charge in [-0.05, 0) is 30.8 Å². The number of methoxy groups -OCH3 is 1. The Balaban J connectivity index is 4.03. The average molecular weight is 305 g/mol. The van der Waals surface area contributed by atoms with Gasteiger partial charge in [0.15, 0.2) is 0 Å². The minimum absolute atomic E-state index is 0.545. The van der Waals surface area contributed by atoms with E-state index in [1.54, 1.807) is 7.11 Å². The Morgan fingerprint density at radius 3 is 2.15 bits per heavy atom. The molecule has 0 spiro atoms. The smallest absolute Gasteiger partial charge is 0.337 e. The maximum absolute atomic E-state index is 6.25. The monoisotopic (exact) mass is 304 g/mol. The minimum Gasteiger partial charge on any atom is -0.394 e. The third-order valence-corrected chi connectivity index (χ3v) is 7.46. The van der Waals surface area contributed by atoms with Crippen molar-refractivity contribution in [3.63, 3.8) is 0 Å². The van der Waals surface area contributed by atoms with Gasteiger partial charge in [0.2, 0.25) is 0 Å². The quantitative estimate of drug-likeness (QED) is 0.342. The van der Waals surface area contributed by atoms with Crippen molar-refractivity contribution in [3.05, 3.63) is 0 Å². The van der Waals surface area contributed by atoms with E-state index in [4.69, 9.17) is 13.6 Å². The first-order valence-electron chi connectivity index (χ1n) is 8.40. The Morgan fingerprint density at radius 2 is 1.60 bits per heavy atom. The van der Waals surface area contributed by atoms with Crippen LogP contribution in [0.1, 0.15) is 59.8 Å². The molecule has 1 atom stereocenters. The predicted molar refractivity (Wildman–Crippen MR) is 88.4 cm³/mol. The van der Waals surface area contributed by atoms with Crippen LogP contribution < -0.4 is 0 Å². The molecule has 0 fully saturated rings. The van der Waals surface area contributed by atoms with Crippen molar-refractivity contribution in [1.29, 1.82) is 0 Å². The van der Waals surface area contributed by atoms with Gasteiger partial charge in [0.05, 0.1) is 0 Å². The zero-order chi connectivity index (χ0) is 15.3. The van der Waals surface area contributed by atoms with Crippen molar-refractivity contribution in [2.75, 3.05) is 26.9 Å². The van der Waals surface area contributed by atoms with Gasteiger partial charge >= 0.3 is 8.56 Å². The van der Waals surface area contributed by atoms with Crippen LogP contribution in [0.3, 0.4) is 0 Å². The lowest BCUT2D eigenvalue weighted by Crippen LogP contribution is -2.42. The Morgan fingerprint density at radius 1 is 0.900 bits per heavy atom. The average Bonchev–Trinajstić information content (AvgIpc) is 2.48. The maximum atomic E-state index is 6.25. The molecule has 0 aromatic heterocycles. The van der Waals surface area contributed by atoms with Crippen LogP contribution in [-0.2, 0) is 13.6 Å². The molecule has 3 nitrogen and oxygen atoms in total. The van der Waals surface area contributed by atoms with E-state index in [0.29, 0.717) is 5.92 Å². The van der Waals surface area contributed by atoms with Crippen molar-refractivity contribution in [1.82, 2.24) is 0 Å². The van der Waals surface area contributed by atoms with Crippen LogP contribution in [0.15, 0.2) is 0 Å². The van der Waals surface area contributed by atoms with E-state index in [2.05, 4.69) is 27.7 Å². The minimum atomic E-state index is -1.95. The van der Waals surface area contributed by atoms with Gasteiger partial charge in [0.25, 0.3) is 0 Å². The molecule has 20 heavy (non-hydrogen) atoms. The fourth-order valence-corrected chi connectivity index (χ4v) is 4.69. The summed E-state index contributed by atoms with van der Waals surface area (Å²) in [6, 6.07) is 2.10. The second kappa shape index (κ2) is 12.8. The second-order valence-corrected chi connectivity index (χ2v) is 9.54. The van der Waals surface area contributed by atoms with E-state index >= 15 is 0 Å². The normalized spacial score (nSPS) is 13.7. The lowest BCUT2D eigenvalue weighted by molar-refractivity contribution is 0.125. The summed E-state index contributed by atoms with van der Waals surface area (Å²) < 4.78 is 17.6. The summed E-state index contributed by atoms with van der Waals surface area (Å²) in [5.41, 5.74) is 0. The Bertz CT molecular complexity index is 208. The highest BCUT2D eigenvalue weighted by molar-refractivity contribution is 6.67. The van der Waals surface area contributed by atoms with Gasteiger partial charge in [-0.25, -0.2) is 0 Å². The third-order valence-electron chi connectivity index (χ3n) is 3.89. The predicted octanol–water partition coefficient (Wildman–Crippen LogP) is 4.75. The summed E-state index contributed by atoms with van der Waals surface area (Å²) in [5.74, 6) is 0.545. The Labute approximate surface area is 127 Å². The summed E-state index contributed by atoms with van der Waals surface area (Å²) in [7, 11) is -0.192. The van der Waals surface area contributed by atoms with Crippen LogP contribution in [-0.4, -0.2) is 35.5 Å². The molecule has 0 rings (SSSR count). The molecule has 4 heteroatoms. The topological polar surface area (TPSA) is 27.7 Å². The van der Waals surface area contributed by atoms with E-state index in [0.717, 1.165) is 38.3 Å². The molecule has 0 saturated carbocycles. The first kappa shape index (κ1) is 20.1. The summed E-state index contributed by atoms with van der Waals surface area (Å²) in [6.07, 6.45) is 6.09. The van der Waals surface area contributed by atoms with Gasteiger partial charge in [-0.3, -0.25) is 0 Å².